The fourth-order valence-corrected chi connectivity index (χ4v) is 4.66. The molecule has 4 rings (SSSR count). The first kappa shape index (κ1) is 18.4. The molecule has 2 heterocycles. The Morgan fingerprint density at radius 2 is 2.00 bits per heavy atom. The van der Waals surface area contributed by atoms with Crippen LogP contribution in [0, 0.1) is 0 Å². The molecule has 1 aromatic heterocycles. The normalized spacial score (nSPS) is 16.9. The lowest BCUT2D eigenvalue weighted by atomic mass is 10.2. The van der Waals surface area contributed by atoms with Crippen molar-refractivity contribution in [2.45, 2.75) is 0 Å². The number of carbonyl (C=O) groups is 1. The largest absolute Gasteiger partial charge is 0.300 e. The molecule has 1 N–H and O–H groups in total. The molecule has 2 aromatic carbocycles. The Balaban J connectivity index is 1.56. The van der Waals surface area contributed by atoms with Gasteiger partial charge in [0.2, 0.25) is 5.13 Å². The highest BCUT2D eigenvalue weighted by atomic mass is 79.9. The summed E-state index contributed by atoms with van der Waals surface area (Å²) in [6, 6.07) is 15.2. The molecular formula is C18H10BrClN4OS2. The third kappa shape index (κ3) is 4.30. The van der Waals surface area contributed by atoms with Crippen LogP contribution in [0.5, 0.6) is 0 Å². The number of hydrogen-bond donors (Lipinski definition) is 1. The zero-order chi connectivity index (χ0) is 18.8. The second kappa shape index (κ2) is 7.93. The van der Waals surface area contributed by atoms with Crippen molar-refractivity contribution in [2.75, 3.05) is 0 Å². The van der Waals surface area contributed by atoms with Crippen LogP contribution in [-0.4, -0.2) is 21.3 Å². The third-order valence-corrected chi connectivity index (χ3v) is 6.10. The molecule has 1 aliphatic heterocycles. The summed E-state index contributed by atoms with van der Waals surface area (Å²) in [5.74, 6) is -0.186. The summed E-state index contributed by atoms with van der Waals surface area (Å²) in [5, 5.41) is 13.2. The number of carbonyl (C=O) groups excluding carboxylic acids is 1. The molecule has 5 nitrogen and oxygen atoms in total. The van der Waals surface area contributed by atoms with Crippen LogP contribution >= 0.6 is 50.6 Å². The van der Waals surface area contributed by atoms with Crippen molar-refractivity contribution in [3.63, 3.8) is 0 Å². The number of amidine groups is 1. The van der Waals surface area contributed by atoms with Crippen LogP contribution in [0.25, 0.3) is 16.6 Å². The Hall–Kier alpha value is -2.00. The van der Waals surface area contributed by atoms with Gasteiger partial charge in [0, 0.05) is 10.0 Å². The molecule has 1 aliphatic rings. The van der Waals surface area contributed by atoms with Crippen LogP contribution in [0.1, 0.15) is 5.56 Å². The number of nitrogens with zero attached hydrogens (tertiary/aromatic N) is 3. The highest BCUT2D eigenvalue weighted by Gasteiger charge is 2.24. The molecule has 27 heavy (non-hydrogen) atoms. The van der Waals surface area contributed by atoms with Gasteiger partial charge in [0.1, 0.15) is 0 Å². The zero-order valence-electron chi connectivity index (χ0n) is 13.5. The van der Waals surface area contributed by atoms with E-state index in [1.165, 1.54) is 23.1 Å². The number of thioether (sulfide) groups is 1. The predicted molar refractivity (Wildman–Crippen MR) is 115 cm³/mol. The van der Waals surface area contributed by atoms with Crippen molar-refractivity contribution in [1.29, 1.82) is 0 Å². The van der Waals surface area contributed by atoms with Crippen LogP contribution in [0.4, 0.5) is 5.13 Å². The van der Waals surface area contributed by atoms with Crippen molar-refractivity contribution < 1.29 is 4.79 Å². The van der Waals surface area contributed by atoms with Crippen LogP contribution in [0.3, 0.4) is 0 Å². The summed E-state index contributed by atoms with van der Waals surface area (Å²) in [6.07, 6.45) is 1.82. The van der Waals surface area contributed by atoms with E-state index in [0.717, 1.165) is 15.6 Å². The van der Waals surface area contributed by atoms with Gasteiger partial charge < -0.3 is 5.32 Å². The van der Waals surface area contributed by atoms with Gasteiger partial charge in [-0.25, -0.2) is 0 Å². The van der Waals surface area contributed by atoms with Crippen LogP contribution in [0.15, 0.2) is 62.9 Å². The predicted octanol–water partition coefficient (Wildman–Crippen LogP) is 5.51. The van der Waals surface area contributed by atoms with Gasteiger partial charge in [0.25, 0.3) is 5.91 Å². The summed E-state index contributed by atoms with van der Waals surface area (Å²) in [6.45, 7) is 0. The first-order chi connectivity index (χ1) is 13.1. The molecule has 9 heteroatoms. The molecule has 0 bridgehead atoms. The maximum atomic E-state index is 12.2. The van der Waals surface area contributed by atoms with Gasteiger partial charge in [-0.1, -0.05) is 69.2 Å². The van der Waals surface area contributed by atoms with E-state index in [1.807, 2.05) is 48.5 Å². The lowest BCUT2D eigenvalue weighted by Gasteiger charge is -1.96. The van der Waals surface area contributed by atoms with Gasteiger partial charge in [0.15, 0.2) is 10.2 Å². The number of rotatable bonds is 3. The van der Waals surface area contributed by atoms with Crippen molar-refractivity contribution in [1.82, 2.24) is 15.5 Å². The number of hydrogen-bond acceptors (Lipinski definition) is 6. The summed E-state index contributed by atoms with van der Waals surface area (Å²) in [7, 11) is 0. The lowest BCUT2D eigenvalue weighted by Crippen LogP contribution is -2.19. The van der Waals surface area contributed by atoms with E-state index in [1.54, 1.807) is 6.07 Å². The lowest BCUT2D eigenvalue weighted by molar-refractivity contribution is -0.115. The molecule has 0 unspecified atom stereocenters. The van der Waals surface area contributed by atoms with E-state index in [0.29, 0.717) is 25.2 Å². The number of aromatic nitrogens is 2. The number of aliphatic imine (C=N–C) groups is 1. The van der Waals surface area contributed by atoms with Crippen molar-refractivity contribution >= 4 is 72.9 Å². The van der Waals surface area contributed by atoms with Gasteiger partial charge >= 0.3 is 0 Å². The molecule has 134 valence electrons. The van der Waals surface area contributed by atoms with Crippen molar-refractivity contribution in [3.8, 4) is 10.6 Å². The molecule has 1 amide bonds. The van der Waals surface area contributed by atoms with Gasteiger partial charge in [-0.15, -0.1) is 10.2 Å². The number of benzene rings is 2. The fraction of sp³-hybridized carbons (Fsp3) is 0. The van der Waals surface area contributed by atoms with Crippen LogP contribution in [0.2, 0.25) is 5.02 Å². The smallest absolute Gasteiger partial charge is 0.264 e. The standard InChI is InChI=1S/C18H10BrClN4OS2/c19-11-5-3-4-10(8-11)9-14-15(25)21-17(26-14)22-18-24-23-16(27-18)12-6-1-2-7-13(12)20/h1-9H,(H,21,22,24,25). The van der Waals surface area contributed by atoms with Crippen molar-refractivity contribution in [2.24, 2.45) is 4.99 Å². The number of nitrogens with one attached hydrogen (secondary N) is 1. The van der Waals surface area contributed by atoms with Crippen LogP contribution < -0.4 is 5.32 Å². The van der Waals surface area contributed by atoms with Gasteiger partial charge in [-0.2, -0.15) is 4.99 Å². The maximum absolute atomic E-state index is 12.2. The van der Waals surface area contributed by atoms with Gasteiger partial charge in [-0.3, -0.25) is 4.79 Å². The van der Waals surface area contributed by atoms with Gasteiger partial charge in [-0.05, 0) is 41.6 Å². The van der Waals surface area contributed by atoms with E-state index in [4.69, 9.17) is 11.6 Å². The number of amides is 1. The van der Waals surface area contributed by atoms with E-state index in [9.17, 15) is 4.79 Å². The average molecular weight is 478 g/mol. The molecular weight excluding hydrogens is 468 g/mol. The Kier molecular flexibility index (Phi) is 5.40. The van der Waals surface area contributed by atoms with Crippen LogP contribution in [-0.2, 0) is 4.79 Å². The molecule has 0 atom stereocenters. The first-order valence-electron chi connectivity index (χ1n) is 7.72. The van der Waals surface area contributed by atoms with E-state index >= 15 is 0 Å². The number of halogens is 2. The summed E-state index contributed by atoms with van der Waals surface area (Å²) < 4.78 is 0.954. The first-order valence-corrected chi connectivity index (χ1v) is 10.5. The van der Waals surface area contributed by atoms with E-state index in [2.05, 4.69) is 36.4 Å². The quantitative estimate of drug-likeness (QED) is 0.505. The highest BCUT2D eigenvalue weighted by molar-refractivity contribution is 9.10. The molecule has 1 saturated heterocycles. The third-order valence-electron chi connectivity index (χ3n) is 3.51. The molecule has 0 aliphatic carbocycles. The van der Waals surface area contributed by atoms with E-state index in [-0.39, 0.29) is 5.91 Å². The summed E-state index contributed by atoms with van der Waals surface area (Å²) >= 11 is 12.2. The van der Waals surface area contributed by atoms with Crippen molar-refractivity contribution in [3.05, 3.63) is 68.5 Å². The Morgan fingerprint density at radius 3 is 2.81 bits per heavy atom. The Morgan fingerprint density at radius 1 is 1.15 bits per heavy atom. The maximum Gasteiger partial charge on any atom is 0.264 e. The minimum absolute atomic E-state index is 0.186. The average Bonchev–Trinajstić information content (AvgIpc) is 3.23. The minimum Gasteiger partial charge on any atom is -0.300 e. The molecule has 3 aromatic rings. The molecule has 0 radical (unpaired) electrons. The molecule has 0 spiro atoms. The van der Waals surface area contributed by atoms with E-state index < -0.39 is 0 Å². The van der Waals surface area contributed by atoms with Gasteiger partial charge in [0.05, 0.1) is 9.93 Å². The monoisotopic (exact) mass is 476 g/mol. The Bertz CT molecular complexity index is 1100. The molecule has 1 fully saturated rings. The summed E-state index contributed by atoms with van der Waals surface area (Å²) in [4.78, 5) is 17.2. The summed E-state index contributed by atoms with van der Waals surface area (Å²) in [5.41, 5.74) is 1.74. The Labute approximate surface area is 176 Å². The zero-order valence-corrected chi connectivity index (χ0v) is 17.5. The highest BCUT2D eigenvalue weighted by Crippen LogP contribution is 2.34. The SMILES string of the molecule is O=C1NC(=Nc2nnc(-c3ccccc3Cl)s2)SC1=Cc1cccc(Br)c1. The fourth-order valence-electron chi connectivity index (χ4n) is 2.32. The molecule has 0 saturated carbocycles. The topological polar surface area (TPSA) is 67.2 Å². The second-order valence-electron chi connectivity index (χ2n) is 5.41. The second-order valence-corrected chi connectivity index (χ2v) is 8.72. The minimum atomic E-state index is -0.186.